The molecule has 1 unspecified atom stereocenters. The summed E-state index contributed by atoms with van der Waals surface area (Å²) in [6.45, 7) is 0. The summed E-state index contributed by atoms with van der Waals surface area (Å²) in [4.78, 5) is 7.37. The Bertz CT molecular complexity index is 2410. The van der Waals surface area contributed by atoms with Gasteiger partial charge in [0.25, 0.3) is 0 Å². The first-order valence-electron chi connectivity index (χ1n) is 15.3. The minimum Gasteiger partial charge on any atom is -0.456 e. The van der Waals surface area contributed by atoms with Crippen molar-refractivity contribution in [2.45, 2.75) is 6.42 Å². The molecular weight excluding hydrogens is 552 g/mol. The van der Waals surface area contributed by atoms with Crippen molar-refractivity contribution in [3.05, 3.63) is 162 Å². The molecule has 45 heavy (non-hydrogen) atoms. The molecule has 7 aromatic rings. The highest BCUT2D eigenvalue weighted by molar-refractivity contribution is 6.06. The molecule has 0 N–H and O–H groups in total. The molecule has 2 aliphatic rings. The topological polar surface area (TPSA) is 42.4 Å². The fraction of sp³-hybridized carbons (Fsp3) is 0.0488. The minimum absolute atomic E-state index is 0.235. The van der Waals surface area contributed by atoms with E-state index in [4.69, 9.17) is 13.8 Å². The second-order valence-electron chi connectivity index (χ2n) is 11.5. The lowest BCUT2D eigenvalue weighted by Gasteiger charge is -2.31. The fourth-order valence-corrected chi connectivity index (χ4v) is 6.65. The van der Waals surface area contributed by atoms with Gasteiger partial charge in [-0.05, 0) is 72.2 Å². The van der Waals surface area contributed by atoms with Gasteiger partial charge in [-0.2, -0.15) is 0 Å². The summed E-state index contributed by atoms with van der Waals surface area (Å²) < 4.78 is 12.7. The van der Waals surface area contributed by atoms with Gasteiger partial charge in [-0.25, -0.2) is 4.98 Å². The van der Waals surface area contributed by atoms with Crippen molar-refractivity contribution < 1.29 is 8.83 Å². The molecule has 4 nitrogen and oxygen atoms in total. The van der Waals surface area contributed by atoms with Gasteiger partial charge in [-0.1, -0.05) is 91.0 Å². The van der Waals surface area contributed by atoms with Gasteiger partial charge in [-0.15, -0.1) is 0 Å². The summed E-state index contributed by atoms with van der Waals surface area (Å²) in [5.41, 5.74) is 10.2. The quantitative estimate of drug-likeness (QED) is 0.204. The number of anilines is 2. The lowest BCUT2D eigenvalue weighted by molar-refractivity contribution is 0.535. The third kappa shape index (κ3) is 4.34. The summed E-state index contributed by atoms with van der Waals surface area (Å²) in [5, 5.41) is 3.14. The molecule has 0 saturated heterocycles. The number of aromatic nitrogens is 1. The predicted octanol–water partition coefficient (Wildman–Crippen LogP) is 9.15. The van der Waals surface area contributed by atoms with Crippen LogP contribution in [0.15, 0.2) is 160 Å². The number of nitrogens with zero attached hydrogens (tertiary/aromatic N) is 2. The van der Waals surface area contributed by atoms with Crippen LogP contribution in [0, 0.1) is 5.92 Å². The van der Waals surface area contributed by atoms with Gasteiger partial charge in [0, 0.05) is 45.3 Å². The zero-order valence-corrected chi connectivity index (χ0v) is 24.4. The predicted molar refractivity (Wildman–Crippen MR) is 182 cm³/mol. The summed E-state index contributed by atoms with van der Waals surface area (Å²) >= 11 is 0. The van der Waals surface area contributed by atoms with E-state index in [1.165, 1.54) is 5.57 Å². The van der Waals surface area contributed by atoms with Crippen LogP contribution in [-0.2, 0) is 0 Å². The second kappa shape index (κ2) is 10.4. The van der Waals surface area contributed by atoms with Gasteiger partial charge in [0.2, 0.25) is 5.89 Å². The van der Waals surface area contributed by atoms with Crippen molar-refractivity contribution in [2.75, 3.05) is 4.90 Å². The molecule has 0 fully saturated rings. The second-order valence-corrected chi connectivity index (χ2v) is 11.5. The maximum atomic E-state index is 6.36. The lowest BCUT2D eigenvalue weighted by Crippen LogP contribution is -2.32. The molecule has 0 radical (unpaired) electrons. The van der Waals surface area contributed by atoms with Crippen LogP contribution in [0.4, 0.5) is 11.4 Å². The number of furan rings is 1. The van der Waals surface area contributed by atoms with Gasteiger partial charge in [-0.3, -0.25) is 0 Å². The molecule has 2 aromatic heterocycles. The van der Waals surface area contributed by atoms with E-state index in [0.717, 1.165) is 72.9 Å². The Morgan fingerprint density at radius 1 is 0.667 bits per heavy atom. The van der Waals surface area contributed by atoms with E-state index in [0.29, 0.717) is 5.89 Å². The van der Waals surface area contributed by atoms with Crippen molar-refractivity contribution in [3.63, 3.8) is 0 Å². The molecule has 0 aliphatic heterocycles. The number of rotatable bonds is 5. The number of oxazole rings is 1. The molecule has 0 saturated carbocycles. The van der Waals surface area contributed by atoms with Crippen molar-refractivity contribution in [1.29, 1.82) is 0 Å². The Balaban J connectivity index is 1.27. The summed E-state index contributed by atoms with van der Waals surface area (Å²) in [7, 11) is 0. The van der Waals surface area contributed by atoms with Crippen LogP contribution in [-0.4, -0.2) is 4.98 Å². The van der Waals surface area contributed by atoms with Crippen LogP contribution in [0.5, 0.6) is 0 Å². The highest BCUT2D eigenvalue weighted by Gasteiger charge is 2.26. The van der Waals surface area contributed by atoms with Crippen molar-refractivity contribution in [1.82, 2.24) is 4.98 Å². The largest absolute Gasteiger partial charge is 0.456 e. The number of benzene rings is 5. The van der Waals surface area contributed by atoms with Gasteiger partial charge < -0.3 is 13.7 Å². The smallest absolute Gasteiger partial charge is 0.227 e. The first-order valence-corrected chi connectivity index (χ1v) is 15.3. The van der Waals surface area contributed by atoms with Crippen molar-refractivity contribution in [2.24, 2.45) is 5.92 Å². The number of allylic oxidation sites excluding steroid dienone is 3. The third-order valence-electron chi connectivity index (χ3n) is 8.82. The Morgan fingerprint density at radius 3 is 2.27 bits per heavy atom. The average molecular weight is 581 g/mol. The standard InChI is InChI=1S/C41H28N2O2/c1-3-11-27(12-4-1)32-15-7-9-17-36(32)43(31-22-23-34-33-16-8-10-18-37(33)44-39(34)26-31)30-21-19-28-20-24-38-40(35(28)25-30)42-41(45-38)29-13-5-2-6-14-29/h1-19,21-26,28H,20H2. The summed E-state index contributed by atoms with van der Waals surface area (Å²) in [6.07, 6.45) is 9.88. The maximum Gasteiger partial charge on any atom is 0.227 e. The first-order chi connectivity index (χ1) is 22.3. The monoisotopic (exact) mass is 580 g/mol. The molecule has 2 aliphatic carbocycles. The molecule has 2 heterocycles. The maximum absolute atomic E-state index is 6.36. The molecule has 4 heteroatoms. The highest BCUT2D eigenvalue weighted by Crippen LogP contribution is 2.42. The number of para-hydroxylation sites is 2. The molecular formula is C41H28N2O2. The molecule has 5 aromatic carbocycles. The SMILES string of the molecule is C1=CC2CC=c3oc(-c4ccccc4)nc3=C2C=C1N(c1ccc2c(c1)oc1ccccc12)c1ccccc1-c1ccccc1. The molecule has 0 bridgehead atoms. The van der Waals surface area contributed by atoms with Crippen molar-refractivity contribution in [3.8, 4) is 22.6 Å². The van der Waals surface area contributed by atoms with E-state index in [2.05, 4.69) is 114 Å². The Labute approximate surface area is 260 Å². The number of fused-ring (bicyclic) bond motifs is 5. The van der Waals surface area contributed by atoms with E-state index in [1.807, 2.05) is 42.5 Å². The fourth-order valence-electron chi connectivity index (χ4n) is 6.65. The number of hydrogen-bond donors (Lipinski definition) is 0. The highest BCUT2D eigenvalue weighted by atomic mass is 16.3. The molecule has 1 atom stereocenters. The zero-order chi connectivity index (χ0) is 29.7. The Morgan fingerprint density at radius 2 is 1.40 bits per heavy atom. The van der Waals surface area contributed by atoms with E-state index >= 15 is 0 Å². The third-order valence-corrected chi connectivity index (χ3v) is 8.82. The first kappa shape index (κ1) is 25.6. The molecule has 214 valence electrons. The Kier molecular flexibility index (Phi) is 5.91. The minimum atomic E-state index is 0.235. The molecule has 0 spiro atoms. The zero-order valence-electron chi connectivity index (χ0n) is 24.4. The summed E-state index contributed by atoms with van der Waals surface area (Å²) in [6, 6.07) is 44.0. The van der Waals surface area contributed by atoms with E-state index in [9.17, 15) is 0 Å². The van der Waals surface area contributed by atoms with Gasteiger partial charge in [0.15, 0.2) is 5.42 Å². The van der Waals surface area contributed by atoms with Crippen LogP contribution < -0.4 is 15.7 Å². The van der Waals surface area contributed by atoms with E-state index in [1.54, 1.807) is 0 Å². The average Bonchev–Trinajstić information content (AvgIpc) is 3.71. The van der Waals surface area contributed by atoms with E-state index in [-0.39, 0.29) is 5.92 Å². The normalized spacial score (nSPS) is 15.4. The lowest BCUT2D eigenvalue weighted by atomic mass is 9.87. The number of hydrogen-bond acceptors (Lipinski definition) is 4. The van der Waals surface area contributed by atoms with Gasteiger partial charge in [0.05, 0.1) is 5.69 Å². The summed E-state index contributed by atoms with van der Waals surface area (Å²) in [5.74, 6) is 0.884. The van der Waals surface area contributed by atoms with Gasteiger partial charge >= 0.3 is 0 Å². The van der Waals surface area contributed by atoms with Crippen LogP contribution in [0.25, 0.3) is 56.2 Å². The van der Waals surface area contributed by atoms with E-state index < -0.39 is 0 Å². The van der Waals surface area contributed by atoms with Gasteiger partial charge in [0.1, 0.15) is 16.5 Å². The van der Waals surface area contributed by atoms with Crippen LogP contribution in [0.1, 0.15) is 6.42 Å². The van der Waals surface area contributed by atoms with Crippen LogP contribution >= 0.6 is 0 Å². The molecule has 9 rings (SSSR count). The Hall–Kier alpha value is -5.87. The van der Waals surface area contributed by atoms with Crippen LogP contribution in [0.2, 0.25) is 0 Å². The van der Waals surface area contributed by atoms with Crippen molar-refractivity contribution >= 4 is 45.0 Å². The van der Waals surface area contributed by atoms with Crippen LogP contribution in [0.3, 0.4) is 0 Å². The molecule has 0 amide bonds.